The first-order valence-electron chi connectivity index (χ1n) is 11.3. The van der Waals surface area contributed by atoms with E-state index >= 15 is 0 Å². The number of aliphatic imine (C=N–C) groups is 1. The Balaban J connectivity index is 1.72. The summed E-state index contributed by atoms with van der Waals surface area (Å²) in [5.74, 6) is 2.27. The molecule has 32 heavy (non-hydrogen) atoms. The van der Waals surface area contributed by atoms with Crippen molar-refractivity contribution in [3.05, 3.63) is 53.7 Å². The van der Waals surface area contributed by atoms with Crippen LogP contribution < -0.4 is 20.1 Å². The van der Waals surface area contributed by atoms with Crippen LogP contribution >= 0.6 is 0 Å². The van der Waals surface area contributed by atoms with Crippen LogP contribution in [0.25, 0.3) is 0 Å². The number of morpholine rings is 1. The number of benzene rings is 1. The standard InChI is InChI=1S/C24H35N5O3/c1-4-25-24(27-17-20-7-6-12-26-23(20)32-5-2)28-18-22(29-13-15-31-16-14-29)19-8-10-21(30-3)11-9-19/h6-12,22H,4-5,13-18H2,1-3H3,(H2,25,27,28). The Kier molecular flexibility index (Phi) is 9.59. The zero-order valence-electron chi connectivity index (χ0n) is 19.3. The van der Waals surface area contributed by atoms with Gasteiger partial charge in [-0.3, -0.25) is 4.90 Å². The molecule has 1 aliphatic heterocycles. The third kappa shape index (κ3) is 6.83. The molecule has 1 unspecified atom stereocenters. The van der Waals surface area contributed by atoms with E-state index in [1.54, 1.807) is 13.3 Å². The van der Waals surface area contributed by atoms with Gasteiger partial charge in [0.1, 0.15) is 5.75 Å². The molecule has 2 aromatic rings. The van der Waals surface area contributed by atoms with Gasteiger partial charge in [0.05, 0.1) is 39.5 Å². The lowest BCUT2D eigenvalue weighted by Gasteiger charge is -2.35. The summed E-state index contributed by atoms with van der Waals surface area (Å²) in [5, 5.41) is 6.88. The second kappa shape index (κ2) is 12.9. The van der Waals surface area contributed by atoms with E-state index in [0.717, 1.165) is 56.7 Å². The monoisotopic (exact) mass is 441 g/mol. The molecule has 1 aromatic carbocycles. The van der Waals surface area contributed by atoms with Crippen molar-refractivity contribution in [2.24, 2.45) is 4.99 Å². The van der Waals surface area contributed by atoms with Crippen LogP contribution in [-0.4, -0.2) is 69.0 Å². The fourth-order valence-electron chi connectivity index (χ4n) is 3.68. The van der Waals surface area contributed by atoms with E-state index < -0.39 is 0 Å². The second-order valence-corrected chi connectivity index (χ2v) is 7.41. The first-order valence-corrected chi connectivity index (χ1v) is 11.3. The van der Waals surface area contributed by atoms with Gasteiger partial charge in [0.15, 0.2) is 5.96 Å². The van der Waals surface area contributed by atoms with Crippen LogP contribution in [0.3, 0.4) is 0 Å². The summed E-state index contributed by atoms with van der Waals surface area (Å²) in [4.78, 5) is 11.6. The molecule has 0 amide bonds. The minimum Gasteiger partial charge on any atom is -0.497 e. The Morgan fingerprint density at radius 3 is 2.62 bits per heavy atom. The second-order valence-electron chi connectivity index (χ2n) is 7.41. The first kappa shape index (κ1) is 23.8. The Morgan fingerprint density at radius 1 is 1.16 bits per heavy atom. The van der Waals surface area contributed by atoms with Crippen LogP contribution in [0.2, 0.25) is 0 Å². The number of nitrogens with zero attached hydrogens (tertiary/aromatic N) is 3. The number of hydrogen-bond acceptors (Lipinski definition) is 6. The first-order chi connectivity index (χ1) is 15.7. The highest BCUT2D eigenvalue weighted by Crippen LogP contribution is 2.23. The predicted octanol–water partition coefficient (Wildman–Crippen LogP) is 2.62. The minimum absolute atomic E-state index is 0.200. The topological polar surface area (TPSA) is 80.2 Å². The van der Waals surface area contributed by atoms with Gasteiger partial charge in [-0.15, -0.1) is 0 Å². The summed E-state index contributed by atoms with van der Waals surface area (Å²) < 4.78 is 16.5. The molecule has 3 rings (SSSR count). The molecule has 1 atom stereocenters. The maximum Gasteiger partial charge on any atom is 0.218 e. The minimum atomic E-state index is 0.200. The van der Waals surface area contributed by atoms with E-state index in [0.29, 0.717) is 19.0 Å². The van der Waals surface area contributed by atoms with Gasteiger partial charge in [0.25, 0.3) is 0 Å². The number of nitrogens with one attached hydrogen (secondary N) is 2. The number of methoxy groups -OCH3 is 1. The average Bonchev–Trinajstić information content (AvgIpc) is 2.84. The van der Waals surface area contributed by atoms with Crippen LogP contribution in [0.15, 0.2) is 47.6 Å². The molecule has 0 radical (unpaired) electrons. The third-order valence-corrected chi connectivity index (χ3v) is 5.33. The van der Waals surface area contributed by atoms with E-state index in [2.05, 4.69) is 39.6 Å². The quantitative estimate of drug-likeness (QED) is 0.433. The van der Waals surface area contributed by atoms with Gasteiger partial charge >= 0.3 is 0 Å². The highest BCUT2D eigenvalue weighted by molar-refractivity contribution is 5.79. The Labute approximate surface area is 191 Å². The number of guanidine groups is 1. The number of hydrogen-bond donors (Lipinski definition) is 2. The van der Waals surface area contributed by atoms with Gasteiger partial charge in [-0.25, -0.2) is 9.98 Å². The Bertz CT molecular complexity index is 838. The van der Waals surface area contributed by atoms with Crippen molar-refractivity contribution < 1.29 is 14.2 Å². The van der Waals surface area contributed by atoms with Crippen LogP contribution in [0.5, 0.6) is 11.6 Å². The summed E-state index contributed by atoms with van der Waals surface area (Å²) in [7, 11) is 1.69. The molecule has 8 heteroatoms. The number of ether oxygens (including phenoxy) is 3. The summed E-state index contributed by atoms with van der Waals surface area (Å²) in [6, 6.07) is 12.4. The summed E-state index contributed by atoms with van der Waals surface area (Å²) in [6.45, 7) is 9.90. The van der Waals surface area contributed by atoms with E-state index in [1.807, 2.05) is 31.2 Å². The molecular formula is C24H35N5O3. The average molecular weight is 442 g/mol. The van der Waals surface area contributed by atoms with Crippen molar-refractivity contribution in [3.63, 3.8) is 0 Å². The lowest BCUT2D eigenvalue weighted by molar-refractivity contribution is 0.0170. The van der Waals surface area contributed by atoms with E-state index in [9.17, 15) is 0 Å². The summed E-state index contributed by atoms with van der Waals surface area (Å²) >= 11 is 0. The maximum absolute atomic E-state index is 5.63. The zero-order valence-corrected chi connectivity index (χ0v) is 19.3. The molecule has 174 valence electrons. The van der Waals surface area contributed by atoms with Crippen molar-refractivity contribution in [1.29, 1.82) is 0 Å². The predicted molar refractivity (Wildman–Crippen MR) is 126 cm³/mol. The highest BCUT2D eigenvalue weighted by Gasteiger charge is 2.23. The molecule has 0 aliphatic carbocycles. The molecule has 1 fully saturated rings. The molecule has 0 spiro atoms. The maximum atomic E-state index is 5.63. The van der Waals surface area contributed by atoms with E-state index in [-0.39, 0.29) is 6.04 Å². The lowest BCUT2D eigenvalue weighted by Crippen LogP contribution is -2.46. The van der Waals surface area contributed by atoms with Crippen molar-refractivity contribution in [2.75, 3.05) is 53.1 Å². The molecule has 2 heterocycles. The van der Waals surface area contributed by atoms with Gasteiger partial charge in [0.2, 0.25) is 5.88 Å². The van der Waals surface area contributed by atoms with Gasteiger partial charge < -0.3 is 24.8 Å². The van der Waals surface area contributed by atoms with Crippen molar-refractivity contribution in [1.82, 2.24) is 20.5 Å². The number of rotatable bonds is 10. The molecule has 2 N–H and O–H groups in total. The van der Waals surface area contributed by atoms with Crippen molar-refractivity contribution in [3.8, 4) is 11.6 Å². The van der Waals surface area contributed by atoms with Crippen molar-refractivity contribution in [2.45, 2.75) is 26.4 Å². The fraction of sp³-hybridized carbons (Fsp3) is 0.500. The molecule has 1 aliphatic rings. The van der Waals surface area contributed by atoms with Crippen LogP contribution in [0.4, 0.5) is 0 Å². The van der Waals surface area contributed by atoms with Gasteiger partial charge in [-0.05, 0) is 37.6 Å². The number of pyridine rings is 1. The molecule has 0 bridgehead atoms. The van der Waals surface area contributed by atoms with Gasteiger partial charge in [0, 0.05) is 37.9 Å². The Hall–Kier alpha value is -2.84. The molecular weight excluding hydrogens is 406 g/mol. The third-order valence-electron chi connectivity index (χ3n) is 5.33. The Morgan fingerprint density at radius 2 is 1.94 bits per heavy atom. The van der Waals surface area contributed by atoms with Crippen LogP contribution in [0.1, 0.15) is 31.0 Å². The van der Waals surface area contributed by atoms with Gasteiger partial charge in [-0.2, -0.15) is 0 Å². The lowest BCUT2D eigenvalue weighted by atomic mass is 10.0. The molecule has 1 saturated heterocycles. The molecule has 8 nitrogen and oxygen atoms in total. The van der Waals surface area contributed by atoms with Crippen LogP contribution in [-0.2, 0) is 11.3 Å². The largest absolute Gasteiger partial charge is 0.497 e. The van der Waals surface area contributed by atoms with Crippen molar-refractivity contribution >= 4 is 5.96 Å². The zero-order chi connectivity index (χ0) is 22.6. The SMILES string of the molecule is CCNC(=NCc1cccnc1OCC)NCC(c1ccc(OC)cc1)N1CCOCC1. The summed E-state index contributed by atoms with van der Waals surface area (Å²) in [5.41, 5.74) is 2.20. The van der Waals surface area contributed by atoms with Crippen LogP contribution in [0, 0.1) is 0 Å². The smallest absolute Gasteiger partial charge is 0.218 e. The normalized spacial score (nSPS) is 15.8. The summed E-state index contributed by atoms with van der Waals surface area (Å²) in [6.07, 6.45) is 1.74. The molecule has 1 aromatic heterocycles. The molecule has 0 saturated carbocycles. The highest BCUT2D eigenvalue weighted by atomic mass is 16.5. The number of aromatic nitrogens is 1. The van der Waals surface area contributed by atoms with E-state index in [1.165, 1.54) is 5.56 Å². The van der Waals surface area contributed by atoms with E-state index in [4.69, 9.17) is 19.2 Å². The fourth-order valence-corrected chi connectivity index (χ4v) is 3.68. The van der Waals surface area contributed by atoms with Gasteiger partial charge in [-0.1, -0.05) is 18.2 Å².